The first-order valence-electron chi connectivity index (χ1n) is 8.66. The molecule has 4 nitrogen and oxygen atoms in total. The van der Waals surface area contributed by atoms with Crippen molar-refractivity contribution >= 4 is 6.09 Å². The summed E-state index contributed by atoms with van der Waals surface area (Å²) in [5, 5.41) is 0. The third-order valence-corrected chi connectivity index (χ3v) is 4.93. The van der Waals surface area contributed by atoms with Crippen LogP contribution in [0.25, 0.3) is 0 Å². The molecule has 0 radical (unpaired) electrons. The highest BCUT2D eigenvalue weighted by molar-refractivity contribution is 5.68. The fourth-order valence-corrected chi connectivity index (χ4v) is 3.61. The second-order valence-corrected chi connectivity index (χ2v) is 8.05. The molecular formula is C19H26FNO3. The number of likely N-dealkylation sites (tertiary alicyclic amines) is 1. The Morgan fingerprint density at radius 2 is 1.83 bits per heavy atom. The zero-order valence-corrected chi connectivity index (χ0v) is 14.7. The fourth-order valence-electron chi connectivity index (χ4n) is 3.61. The first-order chi connectivity index (χ1) is 11.3. The van der Waals surface area contributed by atoms with Crippen LogP contribution < -0.4 is 4.74 Å². The second kappa shape index (κ2) is 6.26. The molecule has 1 saturated heterocycles. The maximum absolute atomic E-state index is 13.6. The van der Waals surface area contributed by atoms with Crippen LogP contribution in [0, 0.1) is 11.2 Å². The quantitative estimate of drug-likeness (QED) is 0.805. The van der Waals surface area contributed by atoms with E-state index in [1.165, 1.54) is 6.07 Å². The van der Waals surface area contributed by atoms with Crippen molar-refractivity contribution in [1.82, 2.24) is 4.90 Å². The van der Waals surface area contributed by atoms with Crippen LogP contribution in [-0.4, -0.2) is 35.8 Å². The maximum atomic E-state index is 13.6. The van der Waals surface area contributed by atoms with Gasteiger partial charge in [-0.15, -0.1) is 0 Å². The highest BCUT2D eigenvalue weighted by atomic mass is 19.1. The molecule has 0 aromatic heterocycles. The van der Waals surface area contributed by atoms with Gasteiger partial charge in [0.2, 0.25) is 0 Å². The van der Waals surface area contributed by atoms with E-state index in [1.54, 1.807) is 23.1 Å². The van der Waals surface area contributed by atoms with Crippen LogP contribution in [0.3, 0.4) is 0 Å². The Morgan fingerprint density at radius 3 is 2.42 bits per heavy atom. The van der Waals surface area contributed by atoms with E-state index >= 15 is 0 Å². The molecule has 2 aliphatic rings. The Hall–Kier alpha value is -1.78. The SMILES string of the molecule is CC(C)(C)OC(=O)N1CCC2(CC1)CC(Oc1ccccc1F)C2. The van der Waals surface area contributed by atoms with Gasteiger partial charge in [0, 0.05) is 13.1 Å². The number of carbonyl (C=O) groups excluding carboxylic acids is 1. The summed E-state index contributed by atoms with van der Waals surface area (Å²) in [7, 11) is 0. The topological polar surface area (TPSA) is 38.8 Å². The molecule has 1 aromatic carbocycles. The van der Waals surface area contributed by atoms with Crippen LogP contribution in [0.5, 0.6) is 5.75 Å². The average molecular weight is 335 g/mol. The number of rotatable bonds is 2. The number of benzene rings is 1. The molecule has 1 aliphatic carbocycles. The molecule has 2 fully saturated rings. The Kier molecular flexibility index (Phi) is 4.45. The van der Waals surface area contributed by atoms with Crippen LogP contribution in [0.2, 0.25) is 0 Å². The number of hydrogen-bond acceptors (Lipinski definition) is 3. The highest BCUT2D eigenvalue weighted by Gasteiger charge is 2.48. The van der Waals surface area contributed by atoms with Crippen molar-refractivity contribution in [3.8, 4) is 5.75 Å². The molecule has 0 unspecified atom stereocenters. The summed E-state index contributed by atoms with van der Waals surface area (Å²) >= 11 is 0. The molecule has 1 aromatic rings. The van der Waals surface area contributed by atoms with E-state index < -0.39 is 5.60 Å². The van der Waals surface area contributed by atoms with Gasteiger partial charge in [-0.25, -0.2) is 9.18 Å². The Balaban J connectivity index is 1.47. The summed E-state index contributed by atoms with van der Waals surface area (Å²) in [5.41, 5.74) is -0.212. The summed E-state index contributed by atoms with van der Waals surface area (Å²) in [6.45, 7) is 7.09. The molecule has 3 rings (SSSR count). The van der Waals surface area contributed by atoms with Crippen LogP contribution in [0.1, 0.15) is 46.5 Å². The molecule has 24 heavy (non-hydrogen) atoms. The number of ether oxygens (including phenoxy) is 2. The Morgan fingerprint density at radius 1 is 1.21 bits per heavy atom. The minimum Gasteiger partial charge on any atom is -0.487 e. The number of amides is 1. The van der Waals surface area contributed by atoms with Gasteiger partial charge in [-0.2, -0.15) is 0 Å². The Labute approximate surface area is 142 Å². The van der Waals surface area contributed by atoms with Crippen LogP contribution >= 0.6 is 0 Å². The molecule has 1 saturated carbocycles. The number of nitrogens with zero attached hydrogens (tertiary/aromatic N) is 1. The monoisotopic (exact) mass is 335 g/mol. The lowest BCUT2D eigenvalue weighted by Crippen LogP contribution is -2.52. The van der Waals surface area contributed by atoms with E-state index in [0.717, 1.165) is 38.8 Å². The zero-order chi connectivity index (χ0) is 17.4. The lowest BCUT2D eigenvalue weighted by atomic mass is 9.61. The van der Waals surface area contributed by atoms with Crippen molar-refractivity contribution in [2.45, 2.75) is 58.2 Å². The van der Waals surface area contributed by atoms with Gasteiger partial charge < -0.3 is 14.4 Å². The van der Waals surface area contributed by atoms with Crippen molar-refractivity contribution < 1.29 is 18.7 Å². The van der Waals surface area contributed by atoms with Crippen LogP contribution in [0.15, 0.2) is 24.3 Å². The molecular weight excluding hydrogens is 309 g/mol. The number of para-hydroxylation sites is 1. The normalized spacial score (nSPS) is 20.6. The highest BCUT2D eigenvalue weighted by Crippen LogP contribution is 2.50. The number of halogens is 1. The van der Waals surface area contributed by atoms with Crippen molar-refractivity contribution in [3.05, 3.63) is 30.1 Å². The lowest BCUT2D eigenvalue weighted by molar-refractivity contribution is -0.0593. The summed E-state index contributed by atoms with van der Waals surface area (Å²) in [4.78, 5) is 13.9. The predicted molar refractivity (Wildman–Crippen MR) is 89.5 cm³/mol. The van der Waals surface area contributed by atoms with Crippen LogP contribution in [0.4, 0.5) is 9.18 Å². The van der Waals surface area contributed by atoms with Gasteiger partial charge in [-0.3, -0.25) is 0 Å². The van der Waals surface area contributed by atoms with Crippen molar-refractivity contribution in [2.75, 3.05) is 13.1 Å². The average Bonchev–Trinajstić information content (AvgIpc) is 2.47. The lowest BCUT2D eigenvalue weighted by Gasteiger charge is -2.51. The molecule has 0 bridgehead atoms. The molecule has 132 valence electrons. The fraction of sp³-hybridized carbons (Fsp3) is 0.632. The van der Waals surface area contributed by atoms with E-state index in [9.17, 15) is 9.18 Å². The third-order valence-electron chi connectivity index (χ3n) is 4.93. The van der Waals surface area contributed by atoms with E-state index in [2.05, 4.69) is 0 Å². The summed E-state index contributed by atoms with van der Waals surface area (Å²) in [6.07, 6.45) is 3.64. The molecule has 5 heteroatoms. The largest absolute Gasteiger partial charge is 0.487 e. The van der Waals surface area contributed by atoms with Gasteiger partial charge in [0.1, 0.15) is 5.60 Å². The first kappa shape index (κ1) is 17.1. The van der Waals surface area contributed by atoms with Crippen LogP contribution in [-0.2, 0) is 4.74 Å². The van der Waals surface area contributed by atoms with Gasteiger partial charge in [-0.05, 0) is 64.0 Å². The summed E-state index contributed by atoms with van der Waals surface area (Å²) in [5.74, 6) is 0.0294. The van der Waals surface area contributed by atoms with E-state index in [0.29, 0.717) is 5.75 Å². The van der Waals surface area contributed by atoms with Crippen molar-refractivity contribution in [2.24, 2.45) is 5.41 Å². The van der Waals surface area contributed by atoms with E-state index in [1.807, 2.05) is 20.8 Å². The summed E-state index contributed by atoms with van der Waals surface area (Å²) in [6, 6.07) is 6.54. The molecule has 1 amide bonds. The smallest absolute Gasteiger partial charge is 0.410 e. The van der Waals surface area contributed by atoms with E-state index in [-0.39, 0.29) is 23.4 Å². The molecule has 1 heterocycles. The predicted octanol–water partition coefficient (Wildman–Crippen LogP) is 4.38. The number of piperidine rings is 1. The minimum absolute atomic E-state index is 0.0787. The van der Waals surface area contributed by atoms with Gasteiger partial charge in [0.05, 0.1) is 6.10 Å². The second-order valence-electron chi connectivity index (χ2n) is 8.05. The molecule has 1 spiro atoms. The van der Waals surface area contributed by atoms with Crippen molar-refractivity contribution in [3.63, 3.8) is 0 Å². The zero-order valence-electron chi connectivity index (χ0n) is 14.7. The maximum Gasteiger partial charge on any atom is 0.410 e. The molecule has 0 N–H and O–H groups in total. The first-order valence-corrected chi connectivity index (χ1v) is 8.66. The van der Waals surface area contributed by atoms with Gasteiger partial charge in [0.25, 0.3) is 0 Å². The minimum atomic E-state index is -0.457. The van der Waals surface area contributed by atoms with Gasteiger partial charge >= 0.3 is 6.09 Å². The third kappa shape index (κ3) is 3.82. The van der Waals surface area contributed by atoms with E-state index in [4.69, 9.17) is 9.47 Å². The molecule has 1 aliphatic heterocycles. The number of carbonyl (C=O) groups is 1. The van der Waals surface area contributed by atoms with Gasteiger partial charge in [-0.1, -0.05) is 12.1 Å². The van der Waals surface area contributed by atoms with Crippen molar-refractivity contribution in [1.29, 1.82) is 0 Å². The standard InChI is InChI=1S/C19H26FNO3/c1-18(2,3)24-17(22)21-10-8-19(9-11-21)12-14(13-19)23-16-7-5-4-6-15(16)20/h4-7,14H,8-13H2,1-3H3. The Bertz CT molecular complexity index is 595. The summed E-state index contributed by atoms with van der Waals surface area (Å²) < 4.78 is 24.8. The molecule has 0 atom stereocenters. The number of hydrogen-bond donors (Lipinski definition) is 0. The van der Waals surface area contributed by atoms with Gasteiger partial charge in [0.15, 0.2) is 11.6 Å².